The van der Waals surface area contributed by atoms with Crippen LogP contribution in [0.3, 0.4) is 0 Å². The van der Waals surface area contributed by atoms with E-state index in [1.54, 1.807) is 5.06 Å². The van der Waals surface area contributed by atoms with Gasteiger partial charge in [-0.05, 0) is 76.4 Å². The number of hydrogen-bond donors (Lipinski definition) is 4. The van der Waals surface area contributed by atoms with Crippen molar-refractivity contribution in [3.8, 4) is 0 Å². The first-order chi connectivity index (χ1) is 26.8. The fraction of sp³-hybridized carbons (Fsp3) is 0.878. The lowest BCUT2D eigenvalue weighted by Gasteiger charge is -2.51. The highest BCUT2D eigenvalue weighted by Gasteiger charge is 2.51. The van der Waals surface area contributed by atoms with Gasteiger partial charge in [-0.25, -0.2) is 0 Å². The van der Waals surface area contributed by atoms with Gasteiger partial charge in [-0.3, -0.25) is 9.63 Å². The zero-order chi connectivity index (χ0) is 39.3. The topological polar surface area (TPSA) is 184 Å². The zero-order valence-corrected chi connectivity index (χ0v) is 32.9. The summed E-state index contributed by atoms with van der Waals surface area (Å²) in [6.07, 6.45) is 1.38. The molecule has 2 bridgehead atoms. The van der Waals surface area contributed by atoms with Crippen LogP contribution in [0.5, 0.6) is 0 Å². The van der Waals surface area contributed by atoms with E-state index in [2.05, 4.69) is 13.2 Å². The van der Waals surface area contributed by atoms with Crippen LogP contribution in [0.4, 0.5) is 0 Å². The van der Waals surface area contributed by atoms with Crippen LogP contribution in [0.15, 0.2) is 24.3 Å². The maximum atomic E-state index is 11.4. The molecule has 8 fully saturated rings. The van der Waals surface area contributed by atoms with Gasteiger partial charge in [-0.1, -0.05) is 13.2 Å². The second kappa shape index (κ2) is 17.2. The molecule has 4 N–H and O–H groups in total. The Bertz CT molecular complexity index is 1410. The van der Waals surface area contributed by atoms with Crippen molar-refractivity contribution in [2.24, 2.45) is 0 Å². The molecule has 0 spiro atoms. The molecular formula is C41H63NO14. The molecule has 0 amide bonds. The molecule has 8 aliphatic heterocycles. The van der Waals surface area contributed by atoms with E-state index in [0.717, 1.165) is 43.3 Å². The highest BCUT2D eigenvalue weighted by Crippen LogP contribution is 2.41. The van der Waals surface area contributed by atoms with E-state index in [0.29, 0.717) is 58.1 Å². The molecule has 8 saturated heterocycles. The van der Waals surface area contributed by atoms with Crippen molar-refractivity contribution in [2.75, 3.05) is 19.7 Å². The van der Waals surface area contributed by atoms with Gasteiger partial charge in [-0.15, -0.1) is 0 Å². The summed E-state index contributed by atoms with van der Waals surface area (Å²) in [5, 5.41) is 44.0. The predicted octanol–water partition coefficient (Wildman–Crippen LogP) is 2.71. The molecule has 17 atom stereocenters. The van der Waals surface area contributed by atoms with Crippen LogP contribution in [0.1, 0.15) is 97.3 Å². The van der Waals surface area contributed by atoms with E-state index in [1.165, 1.54) is 0 Å². The molecule has 8 rings (SSSR count). The van der Waals surface area contributed by atoms with Crippen LogP contribution >= 0.6 is 0 Å². The summed E-state index contributed by atoms with van der Waals surface area (Å²) in [6.45, 7) is 13.5. The molecule has 316 valence electrons. The summed E-state index contributed by atoms with van der Waals surface area (Å²) < 4.78 is 50.2. The predicted molar refractivity (Wildman–Crippen MR) is 197 cm³/mol. The molecule has 0 saturated carbocycles. The first-order valence-corrected chi connectivity index (χ1v) is 21.0. The summed E-state index contributed by atoms with van der Waals surface area (Å²) in [5.74, 6) is -1.57. The number of nitrogens with zero attached hydrogens (tertiary/aromatic N) is 1. The number of aliphatic hydroxyl groups is 3. The van der Waals surface area contributed by atoms with Gasteiger partial charge >= 0.3 is 5.97 Å². The standard InChI is InChI=1S/C41H63NO14/c1-21-5-6-23(49-30(21)16-31-26(43)15-32-33(53-31)17-34-37(54-32)20-48-41(3,4)55-34)7-9-28-22(2)13-25(50-28)11-12-42-19-27(44)39(47)35-18-36(56-42)40-29(52-35)10-8-24(51-40)14-38(45)46/h23-37,39-40,43-44,47H,1-2,5-20H2,3-4H3,(H,45,46)/t23?,24?,25?,26?,27?,28-,29?,30?,31-,32?,33?,34?,35?,36?,37?,39?,40?/m0/s1. The lowest BCUT2D eigenvalue weighted by atomic mass is 9.86. The number of ether oxygens (including phenoxy) is 8. The molecule has 0 aliphatic carbocycles. The van der Waals surface area contributed by atoms with Crippen LogP contribution in [0.2, 0.25) is 0 Å². The highest BCUT2D eigenvalue weighted by atomic mass is 16.7. The molecular weight excluding hydrogens is 730 g/mol. The summed E-state index contributed by atoms with van der Waals surface area (Å²) in [4.78, 5) is 17.8. The summed E-state index contributed by atoms with van der Waals surface area (Å²) in [6, 6.07) is 0. The molecule has 8 heterocycles. The Morgan fingerprint density at radius 1 is 0.750 bits per heavy atom. The summed E-state index contributed by atoms with van der Waals surface area (Å²) in [7, 11) is 0. The fourth-order valence-electron chi connectivity index (χ4n) is 10.2. The first kappa shape index (κ1) is 41.2. The molecule has 15 unspecified atom stereocenters. The second-order valence-corrected chi connectivity index (χ2v) is 17.9. The van der Waals surface area contributed by atoms with E-state index in [1.807, 2.05) is 13.8 Å². The van der Waals surface area contributed by atoms with Gasteiger partial charge in [0, 0.05) is 32.2 Å². The third kappa shape index (κ3) is 9.41. The summed E-state index contributed by atoms with van der Waals surface area (Å²) in [5.41, 5.74) is 2.08. The van der Waals surface area contributed by atoms with Crippen LogP contribution in [0, 0.1) is 0 Å². The quantitative estimate of drug-likeness (QED) is 0.237. The molecule has 15 nitrogen and oxygen atoms in total. The number of aliphatic hydroxyl groups excluding tert-OH is 3. The third-order valence-corrected chi connectivity index (χ3v) is 13.2. The average Bonchev–Trinajstić information content (AvgIpc) is 3.51. The largest absolute Gasteiger partial charge is 0.481 e. The SMILES string of the molecule is C=C1CCC(CC[C@@H]2OC(CCN3CC(O)C(O)C4CC(O3)C3OC(CC(=O)O)CCC3O4)CC2=C)OC1C[C@@H]1OC2CC3OC(C)(C)OCC3OC2CC1O. The fourth-order valence-corrected chi connectivity index (χ4v) is 10.2. The Morgan fingerprint density at radius 2 is 1.52 bits per heavy atom. The van der Waals surface area contributed by atoms with Crippen molar-refractivity contribution < 1.29 is 68.0 Å². The van der Waals surface area contributed by atoms with Crippen molar-refractivity contribution in [1.82, 2.24) is 5.06 Å². The number of carboxylic acid groups (broad SMARTS) is 1. The number of hydrogen-bond acceptors (Lipinski definition) is 14. The van der Waals surface area contributed by atoms with E-state index < -0.39 is 54.5 Å². The van der Waals surface area contributed by atoms with Crippen LogP contribution in [-0.2, 0) is 47.5 Å². The molecule has 0 aromatic rings. The lowest BCUT2D eigenvalue weighted by molar-refractivity contribution is -0.349. The van der Waals surface area contributed by atoms with Gasteiger partial charge in [0.25, 0.3) is 0 Å². The minimum atomic E-state index is -1.07. The molecule has 8 aliphatic rings. The number of hydroxylamine groups is 2. The van der Waals surface area contributed by atoms with Crippen molar-refractivity contribution in [3.05, 3.63) is 24.3 Å². The number of carbonyl (C=O) groups is 1. The van der Waals surface area contributed by atoms with Gasteiger partial charge < -0.3 is 58.3 Å². The Balaban J connectivity index is 0.799. The molecule has 0 aromatic heterocycles. The summed E-state index contributed by atoms with van der Waals surface area (Å²) >= 11 is 0. The van der Waals surface area contributed by atoms with E-state index >= 15 is 0 Å². The minimum Gasteiger partial charge on any atom is -0.481 e. The number of β-amino-alcohol motifs (C(OH)–C–C–N with tert-alkyl or cyclic N) is 1. The Kier molecular flexibility index (Phi) is 12.6. The molecule has 0 aromatic carbocycles. The number of carboxylic acids is 1. The van der Waals surface area contributed by atoms with E-state index in [-0.39, 0.29) is 74.0 Å². The average molecular weight is 794 g/mol. The smallest absolute Gasteiger partial charge is 0.305 e. The van der Waals surface area contributed by atoms with Gasteiger partial charge in [0.05, 0.1) is 98.9 Å². The van der Waals surface area contributed by atoms with Crippen molar-refractivity contribution in [3.63, 3.8) is 0 Å². The van der Waals surface area contributed by atoms with Crippen molar-refractivity contribution >= 4 is 5.97 Å². The number of rotatable bonds is 10. The highest BCUT2D eigenvalue weighted by molar-refractivity contribution is 5.67. The maximum absolute atomic E-state index is 11.4. The van der Waals surface area contributed by atoms with Crippen LogP contribution < -0.4 is 0 Å². The van der Waals surface area contributed by atoms with Crippen LogP contribution in [0.25, 0.3) is 0 Å². The lowest BCUT2D eigenvalue weighted by Crippen LogP contribution is -2.62. The zero-order valence-electron chi connectivity index (χ0n) is 32.9. The minimum absolute atomic E-state index is 0.0256. The monoisotopic (exact) mass is 793 g/mol. The Hall–Kier alpha value is -1.57. The first-order valence-electron chi connectivity index (χ1n) is 21.0. The van der Waals surface area contributed by atoms with Crippen LogP contribution in [-0.4, -0.2) is 161 Å². The van der Waals surface area contributed by atoms with Gasteiger partial charge in [0.1, 0.15) is 24.4 Å². The second-order valence-electron chi connectivity index (χ2n) is 17.9. The van der Waals surface area contributed by atoms with Crippen molar-refractivity contribution in [2.45, 2.75) is 207 Å². The normalized spacial score (nSPS) is 46.9. The number of fused-ring (bicyclic) bond motifs is 6. The molecule has 0 radical (unpaired) electrons. The molecule has 15 heteroatoms. The van der Waals surface area contributed by atoms with Gasteiger partial charge in [0.2, 0.25) is 0 Å². The van der Waals surface area contributed by atoms with E-state index in [9.17, 15) is 25.2 Å². The third-order valence-electron chi connectivity index (χ3n) is 13.2. The Morgan fingerprint density at radius 3 is 2.34 bits per heavy atom. The van der Waals surface area contributed by atoms with E-state index in [4.69, 9.17) is 42.7 Å². The maximum Gasteiger partial charge on any atom is 0.305 e. The molecule has 56 heavy (non-hydrogen) atoms. The van der Waals surface area contributed by atoms with Gasteiger partial charge in [-0.2, -0.15) is 5.06 Å². The number of aliphatic carboxylic acids is 1. The van der Waals surface area contributed by atoms with Crippen molar-refractivity contribution in [1.29, 1.82) is 0 Å². The Labute approximate surface area is 329 Å². The van der Waals surface area contributed by atoms with Gasteiger partial charge in [0.15, 0.2) is 5.79 Å².